The molecular formula is C19H26N4O3S. The summed E-state index contributed by atoms with van der Waals surface area (Å²) in [4.78, 5) is 26.7. The number of anilines is 2. The molecule has 3 N–H and O–H groups in total. The van der Waals surface area contributed by atoms with Crippen molar-refractivity contribution in [2.24, 2.45) is 0 Å². The molecule has 0 saturated heterocycles. The summed E-state index contributed by atoms with van der Waals surface area (Å²) in [6, 6.07) is 6.41. The SMILES string of the molecule is CCN(CC)CCNC(=O)c1ccc(NC(=O)Nc2ccsc2)cc1OC. The molecule has 0 saturated carbocycles. The van der Waals surface area contributed by atoms with Crippen LogP contribution in [0.3, 0.4) is 0 Å². The van der Waals surface area contributed by atoms with Gasteiger partial charge in [0.2, 0.25) is 0 Å². The van der Waals surface area contributed by atoms with E-state index in [0.717, 1.165) is 25.3 Å². The van der Waals surface area contributed by atoms with Crippen LogP contribution in [0.25, 0.3) is 0 Å². The Balaban J connectivity index is 1.96. The fourth-order valence-corrected chi connectivity index (χ4v) is 3.14. The van der Waals surface area contributed by atoms with E-state index in [-0.39, 0.29) is 11.9 Å². The first-order valence-electron chi connectivity index (χ1n) is 8.86. The molecule has 0 radical (unpaired) electrons. The van der Waals surface area contributed by atoms with Crippen molar-refractivity contribution in [3.05, 3.63) is 40.6 Å². The molecule has 0 fully saturated rings. The summed E-state index contributed by atoms with van der Waals surface area (Å²) in [6.07, 6.45) is 0. The lowest BCUT2D eigenvalue weighted by molar-refractivity contribution is 0.0946. The molecule has 0 aliphatic heterocycles. The van der Waals surface area contributed by atoms with E-state index in [1.54, 1.807) is 18.2 Å². The van der Waals surface area contributed by atoms with E-state index in [2.05, 4.69) is 34.7 Å². The van der Waals surface area contributed by atoms with Crippen LogP contribution in [0.1, 0.15) is 24.2 Å². The summed E-state index contributed by atoms with van der Waals surface area (Å²) in [5.41, 5.74) is 1.70. The van der Waals surface area contributed by atoms with Crippen molar-refractivity contribution in [1.29, 1.82) is 0 Å². The Kier molecular flexibility index (Phi) is 8.09. The van der Waals surface area contributed by atoms with Gasteiger partial charge in [-0.3, -0.25) is 4.79 Å². The van der Waals surface area contributed by atoms with E-state index in [4.69, 9.17) is 4.74 Å². The molecule has 2 aromatic rings. The van der Waals surface area contributed by atoms with Gasteiger partial charge in [0.1, 0.15) is 5.75 Å². The highest BCUT2D eigenvalue weighted by atomic mass is 32.1. The second-order valence-corrected chi connectivity index (χ2v) is 6.57. The van der Waals surface area contributed by atoms with Gasteiger partial charge in [0.25, 0.3) is 5.91 Å². The Morgan fingerprint density at radius 3 is 2.48 bits per heavy atom. The Morgan fingerprint density at radius 2 is 1.85 bits per heavy atom. The van der Waals surface area contributed by atoms with E-state index < -0.39 is 0 Å². The number of methoxy groups -OCH3 is 1. The van der Waals surface area contributed by atoms with Crippen molar-refractivity contribution in [2.45, 2.75) is 13.8 Å². The third-order valence-corrected chi connectivity index (χ3v) is 4.77. The van der Waals surface area contributed by atoms with Crippen LogP contribution in [0.2, 0.25) is 0 Å². The molecule has 7 nitrogen and oxygen atoms in total. The topological polar surface area (TPSA) is 82.7 Å². The molecule has 0 spiro atoms. The molecule has 0 atom stereocenters. The number of hydrogen-bond acceptors (Lipinski definition) is 5. The number of benzene rings is 1. The van der Waals surface area contributed by atoms with Crippen LogP contribution in [0.15, 0.2) is 35.0 Å². The Labute approximate surface area is 163 Å². The summed E-state index contributed by atoms with van der Waals surface area (Å²) in [6.45, 7) is 7.44. The molecule has 0 unspecified atom stereocenters. The fourth-order valence-electron chi connectivity index (χ4n) is 2.55. The van der Waals surface area contributed by atoms with Crippen LogP contribution in [0.4, 0.5) is 16.2 Å². The minimum absolute atomic E-state index is 0.201. The molecule has 1 aromatic heterocycles. The smallest absolute Gasteiger partial charge is 0.323 e. The highest BCUT2D eigenvalue weighted by Gasteiger charge is 2.14. The summed E-state index contributed by atoms with van der Waals surface area (Å²) >= 11 is 1.50. The maximum Gasteiger partial charge on any atom is 0.323 e. The van der Waals surface area contributed by atoms with Crippen molar-refractivity contribution < 1.29 is 14.3 Å². The Morgan fingerprint density at radius 1 is 1.11 bits per heavy atom. The minimum Gasteiger partial charge on any atom is -0.496 e. The van der Waals surface area contributed by atoms with Gasteiger partial charge in [-0.15, -0.1) is 0 Å². The zero-order valence-corrected chi connectivity index (χ0v) is 16.7. The second-order valence-electron chi connectivity index (χ2n) is 5.79. The van der Waals surface area contributed by atoms with Crippen molar-refractivity contribution in [1.82, 2.24) is 10.2 Å². The third-order valence-electron chi connectivity index (χ3n) is 4.09. The normalized spacial score (nSPS) is 10.5. The first-order valence-corrected chi connectivity index (χ1v) is 9.80. The number of nitrogens with one attached hydrogen (secondary N) is 3. The van der Waals surface area contributed by atoms with E-state index >= 15 is 0 Å². The van der Waals surface area contributed by atoms with Gasteiger partial charge in [0.15, 0.2) is 0 Å². The van der Waals surface area contributed by atoms with Crippen molar-refractivity contribution in [3.63, 3.8) is 0 Å². The first-order chi connectivity index (χ1) is 13.1. The van der Waals surface area contributed by atoms with Gasteiger partial charge < -0.3 is 25.6 Å². The molecule has 27 heavy (non-hydrogen) atoms. The number of rotatable bonds is 9. The fraction of sp³-hybridized carbons (Fsp3) is 0.368. The number of carbonyl (C=O) groups is 2. The lowest BCUT2D eigenvalue weighted by atomic mass is 10.1. The van der Waals surface area contributed by atoms with Gasteiger partial charge in [-0.05, 0) is 36.7 Å². The molecule has 0 bridgehead atoms. The molecule has 0 aliphatic carbocycles. The van der Waals surface area contributed by atoms with E-state index in [9.17, 15) is 9.59 Å². The largest absolute Gasteiger partial charge is 0.496 e. The first kappa shape index (κ1) is 20.7. The van der Waals surface area contributed by atoms with Gasteiger partial charge >= 0.3 is 6.03 Å². The molecule has 0 aliphatic rings. The number of urea groups is 1. The third kappa shape index (κ3) is 6.26. The van der Waals surface area contributed by atoms with Gasteiger partial charge in [-0.25, -0.2) is 4.79 Å². The Hall–Kier alpha value is -2.58. The molecule has 8 heteroatoms. The van der Waals surface area contributed by atoms with Crippen LogP contribution in [-0.2, 0) is 0 Å². The molecule has 3 amide bonds. The highest BCUT2D eigenvalue weighted by Crippen LogP contribution is 2.23. The lowest BCUT2D eigenvalue weighted by Gasteiger charge is -2.18. The predicted octanol–water partition coefficient (Wildman–Crippen LogP) is 3.47. The van der Waals surface area contributed by atoms with Crippen LogP contribution in [-0.4, -0.2) is 50.1 Å². The number of likely N-dealkylation sites (N-methyl/N-ethyl adjacent to an activating group) is 1. The zero-order chi connectivity index (χ0) is 19.6. The van der Waals surface area contributed by atoms with Crippen LogP contribution in [0.5, 0.6) is 5.75 Å². The van der Waals surface area contributed by atoms with Gasteiger partial charge in [0.05, 0.1) is 18.4 Å². The molecule has 2 rings (SSSR count). The van der Waals surface area contributed by atoms with Crippen molar-refractivity contribution in [3.8, 4) is 5.75 Å². The van der Waals surface area contributed by atoms with Crippen LogP contribution in [0, 0.1) is 0 Å². The Bertz CT molecular complexity index is 745. The number of nitrogens with zero attached hydrogens (tertiary/aromatic N) is 1. The van der Waals surface area contributed by atoms with Crippen molar-refractivity contribution >= 4 is 34.6 Å². The second kappa shape index (κ2) is 10.5. The summed E-state index contributed by atoms with van der Waals surface area (Å²) in [7, 11) is 1.50. The molecule has 1 aromatic carbocycles. The standard InChI is InChI=1S/C19H26N4O3S/c1-4-23(5-2)10-9-20-18(24)16-7-6-14(12-17(16)26-3)21-19(25)22-15-8-11-27-13-15/h6-8,11-13H,4-5,9-10H2,1-3H3,(H,20,24)(H2,21,22,25). The van der Waals surface area contributed by atoms with Crippen LogP contribution < -0.4 is 20.7 Å². The average molecular weight is 391 g/mol. The van der Waals surface area contributed by atoms with Gasteiger partial charge in [-0.2, -0.15) is 11.3 Å². The zero-order valence-electron chi connectivity index (χ0n) is 15.9. The molecule has 1 heterocycles. The quantitative estimate of drug-likeness (QED) is 0.612. The molecular weight excluding hydrogens is 364 g/mol. The summed E-state index contributed by atoms with van der Waals surface area (Å²) in [5.74, 6) is 0.206. The van der Waals surface area contributed by atoms with E-state index in [0.29, 0.717) is 23.5 Å². The summed E-state index contributed by atoms with van der Waals surface area (Å²) in [5, 5.41) is 12.1. The molecule has 146 valence electrons. The van der Waals surface area contributed by atoms with E-state index in [1.165, 1.54) is 18.4 Å². The maximum absolute atomic E-state index is 12.4. The number of ether oxygens (including phenoxy) is 1. The van der Waals surface area contributed by atoms with Crippen LogP contribution >= 0.6 is 11.3 Å². The van der Waals surface area contributed by atoms with E-state index in [1.807, 2.05) is 16.8 Å². The number of amides is 3. The lowest BCUT2D eigenvalue weighted by Crippen LogP contribution is -2.34. The number of hydrogen-bond donors (Lipinski definition) is 3. The van der Waals surface area contributed by atoms with Crippen molar-refractivity contribution in [2.75, 3.05) is 43.9 Å². The predicted molar refractivity (Wildman–Crippen MR) is 110 cm³/mol. The number of carbonyl (C=O) groups excluding carboxylic acids is 2. The number of thiophene rings is 1. The van der Waals surface area contributed by atoms with Gasteiger partial charge in [-0.1, -0.05) is 13.8 Å². The maximum atomic E-state index is 12.4. The minimum atomic E-state index is -0.355. The summed E-state index contributed by atoms with van der Waals surface area (Å²) < 4.78 is 5.32. The average Bonchev–Trinajstić information content (AvgIpc) is 3.17. The highest BCUT2D eigenvalue weighted by molar-refractivity contribution is 7.08. The monoisotopic (exact) mass is 390 g/mol. The van der Waals surface area contributed by atoms with Gasteiger partial charge in [0, 0.05) is 30.2 Å².